The Balaban J connectivity index is 2.16. The second-order valence-electron chi connectivity index (χ2n) is 5.44. The van der Waals surface area contributed by atoms with Crippen LogP contribution in [0.15, 0.2) is 30.6 Å². The molecule has 2 heterocycles. The predicted molar refractivity (Wildman–Crippen MR) is 87.7 cm³/mol. The van der Waals surface area contributed by atoms with Gasteiger partial charge in [0, 0.05) is 43.8 Å². The molecule has 112 valence electrons. The maximum atomic E-state index is 4.74. The van der Waals surface area contributed by atoms with Crippen molar-refractivity contribution in [3.8, 4) is 0 Å². The van der Waals surface area contributed by atoms with E-state index in [4.69, 9.17) is 4.98 Å². The fourth-order valence-electron chi connectivity index (χ4n) is 2.51. The van der Waals surface area contributed by atoms with E-state index in [9.17, 15) is 0 Å². The highest BCUT2D eigenvalue weighted by molar-refractivity contribution is 5.51. The Morgan fingerprint density at radius 2 is 1.90 bits per heavy atom. The summed E-state index contributed by atoms with van der Waals surface area (Å²) < 4.78 is 0. The monoisotopic (exact) mass is 284 g/mol. The van der Waals surface area contributed by atoms with Crippen molar-refractivity contribution in [1.82, 2.24) is 15.3 Å². The summed E-state index contributed by atoms with van der Waals surface area (Å²) in [4.78, 5) is 11.0. The van der Waals surface area contributed by atoms with Crippen molar-refractivity contribution in [3.05, 3.63) is 53.0 Å². The van der Waals surface area contributed by atoms with Gasteiger partial charge >= 0.3 is 0 Å². The molecule has 1 N–H and O–H groups in total. The fraction of sp³-hybridized carbons (Fsp3) is 0.412. The number of hydrogen-bond acceptors (Lipinski definition) is 4. The number of anilines is 1. The highest BCUT2D eigenvalue weighted by Gasteiger charge is 2.12. The van der Waals surface area contributed by atoms with Crippen LogP contribution in [0.4, 0.5) is 5.82 Å². The summed E-state index contributed by atoms with van der Waals surface area (Å²) in [5.41, 5.74) is 4.94. The molecule has 2 aromatic rings. The van der Waals surface area contributed by atoms with Crippen LogP contribution in [-0.2, 0) is 13.0 Å². The van der Waals surface area contributed by atoms with Gasteiger partial charge in [-0.3, -0.25) is 4.98 Å². The van der Waals surface area contributed by atoms with Gasteiger partial charge in [0.25, 0.3) is 0 Å². The normalized spacial score (nSPS) is 10.7. The molecule has 2 rings (SSSR count). The highest BCUT2D eigenvalue weighted by atomic mass is 15.2. The van der Waals surface area contributed by atoms with Crippen molar-refractivity contribution in [3.63, 3.8) is 0 Å². The van der Waals surface area contributed by atoms with Crippen molar-refractivity contribution < 1.29 is 0 Å². The predicted octanol–water partition coefficient (Wildman–Crippen LogP) is 2.49. The van der Waals surface area contributed by atoms with Crippen LogP contribution in [-0.4, -0.2) is 30.6 Å². The maximum Gasteiger partial charge on any atom is 0.133 e. The van der Waals surface area contributed by atoms with Gasteiger partial charge in [0.1, 0.15) is 5.82 Å². The zero-order valence-corrected chi connectivity index (χ0v) is 13.3. The van der Waals surface area contributed by atoms with Gasteiger partial charge in [-0.2, -0.15) is 0 Å². The quantitative estimate of drug-likeness (QED) is 0.885. The Labute approximate surface area is 127 Å². The van der Waals surface area contributed by atoms with E-state index in [0.29, 0.717) is 0 Å². The van der Waals surface area contributed by atoms with Crippen LogP contribution in [0.2, 0.25) is 0 Å². The molecule has 0 aliphatic heterocycles. The second-order valence-corrected chi connectivity index (χ2v) is 5.44. The Morgan fingerprint density at radius 1 is 1.19 bits per heavy atom. The van der Waals surface area contributed by atoms with E-state index in [1.54, 1.807) is 0 Å². The summed E-state index contributed by atoms with van der Waals surface area (Å²) in [6.07, 6.45) is 4.68. The van der Waals surface area contributed by atoms with Crippen LogP contribution in [0.3, 0.4) is 0 Å². The van der Waals surface area contributed by atoms with Crippen LogP contribution in [0.5, 0.6) is 0 Å². The van der Waals surface area contributed by atoms with Crippen molar-refractivity contribution in [1.29, 1.82) is 0 Å². The molecule has 0 atom stereocenters. The van der Waals surface area contributed by atoms with E-state index >= 15 is 0 Å². The Kier molecular flexibility index (Phi) is 5.28. The lowest BCUT2D eigenvalue weighted by Crippen LogP contribution is -2.25. The first kappa shape index (κ1) is 15.4. The summed E-state index contributed by atoms with van der Waals surface area (Å²) in [5.74, 6) is 1.08. The zero-order valence-electron chi connectivity index (χ0n) is 13.3. The SMILES string of the molecule is CNCc1c(C)cc(C)nc1N(C)CCc1ccncc1. The van der Waals surface area contributed by atoms with Gasteiger partial charge in [0.05, 0.1) is 0 Å². The molecule has 0 unspecified atom stereocenters. The molecule has 4 nitrogen and oxygen atoms in total. The molecule has 0 aliphatic carbocycles. The van der Waals surface area contributed by atoms with Crippen LogP contribution < -0.4 is 10.2 Å². The van der Waals surface area contributed by atoms with Crippen molar-refractivity contribution in [2.24, 2.45) is 0 Å². The van der Waals surface area contributed by atoms with Gasteiger partial charge in [0.15, 0.2) is 0 Å². The van der Waals surface area contributed by atoms with Crippen molar-refractivity contribution in [2.45, 2.75) is 26.8 Å². The molecule has 0 saturated carbocycles. The van der Waals surface area contributed by atoms with Crippen LogP contribution >= 0.6 is 0 Å². The van der Waals surface area contributed by atoms with E-state index in [1.807, 2.05) is 19.4 Å². The zero-order chi connectivity index (χ0) is 15.2. The van der Waals surface area contributed by atoms with Crippen LogP contribution in [0.25, 0.3) is 0 Å². The molecule has 0 spiro atoms. The molecule has 4 heteroatoms. The van der Waals surface area contributed by atoms with Crippen molar-refractivity contribution in [2.75, 3.05) is 25.5 Å². The van der Waals surface area contributed by atoms with Gasteiger partial charge in [-0.05, 0) is 56.6 Å². The molecule has 0 aromatic carbocycles. The minimum absolute atomic E-state index is 0.841. The number of likely N-dealkylation sites (N-methyl/N-ethyl adjacent to an activating group) is 1. The van der Waals surface area contributed by atoms with Crippen LogP contribution in [0.1, 0.15) is 22.4 Å². The Morgan fingerprint density at radius 3 is 2.57 bits per heavy atom. The molecule has 0 radical (unpaired) electrons. The summed E-state index contributed by atoms with van der Waals surface area (Å²) in [6, 6.07) is 6.28. The summed E-state index contributed by atoms with van der Waals surface area (Å²) in [7, 11) is 4.08. The molecule has 2 aromatic heterocycles. The molecular weight excluding hydrogens is 260 g/mol. The Bertz CT molecular complexity index is 581. The first-order valence-corrected chi connectivity index (χ1v) is 7.33. The third-order valence-electron chi connectivity index (χ3n) is 3.65. The summed E-state index contributed by atoms with van der Waals surface area (Å²) in [5, 5.41) is 3.24. The average Bonchev–Trinajstić information content (AvgIpc) is 2.48. The van der Waals surface area contributed by atoms with Crippen molar-refractivity contribution >= 4 is 5.82 Å². The maximum absolute atomic E-state index is 4.74. The standard InChI is InChI=1S/C17H24N4/c1-13-11-14(2)20-17(16(13)12-18-3)21(4)10-7-15-5-8-19-9-6-15/h5-6,8-9,11,18H,7,10,12H2,1-4H3. The van der Waals surface area contributed by atoms with Gasteiger partial charge < -0.3 is 10.2 Å². The molecule has 0 bridgehead atoms. The molecule has 0 saturated heterocycles. The minimum Gasteiger partial charge on any atom is -0.359 e. The van der Waals surface area contributed by atoms with Gasteiger partial charge in [-0.15, -0.1) is 0 Å². The molecule has 21 heavy (non-hydrogen) atoms. The lowest BCUT2D eigenvalue weighted by Gasteiger charge is -2.23. The largest absolute Gasteiger partial charge is 0.359 e. The number of pyridine rings is 2. The first-order chi connectivity index (χ1) is 10.1. The average molecular weight is 284 g/mol. The lowest BCUT2D eigenvalue weighted by molar-refractivity contribution is 0.782. The number of hydrogen-bond donors (Lipinski definition) is 1. The Hall–Kier alpha value is -1.94. The second kappa shape index (κ2) is 7.18. The summed E-state index contributed by atoms with van der Waals surface area (Å²) in [6.45, 7) is 5.99. The first-order valence-electron chi connectivity index (χ1n) is 7.33. The van der Waals surface area contributed by atoms with E-state index < -0.39 is 0 Å². The van der Waals surface area contributed by atoms with E-state index in [0.717, 1.165) is 31.0 Å². The third kappa shape index (κ3) is 4.02. The number of aryl methyl sites for hydroxylation is 2. The highest BCUT2D eigenvalue weighted by Crippen LogP contribution is 2.22. The number of nitrogens with one attached hydrogen (secondary N) is 1. The lowest BCUT2D eigenvalue weighted by atomic mass is 10.1. The van der Waals surface area contributed by atoms with E-state index in [2.05, 4.69) is 54.3 Å². The topological polar surface area (TPSA) is 41.1 Å². The van der Waals surface area contributed by atoms with Crippen LogP contribution in [0, 0.1) is 13.8 Å². The van der Waals surface area contributed by atoms with Gasteiger partial charge in [0.2, 0.25) is 0 Å². The number of rotatable bonds is 6. The number of nitrogens with zero attached hydrogens (tertiary/aromatic N) is 3. The molecular formula is C17H24N4. The minimum atomic E-state index is 0.841. The van der Waals surface area contributed by atoms with Gasteiger partial charge in [-0.25, -0.2) is 4.98 Å². The number of aromatic nitrogens is 2. The van der Waals surface area contributed by atoms with E-state index in [-0.39, 0.29) is 0 Å². The van der Waals surface area contributed by atoms with Gasteiger partial charge in [-0.1, -0.05) is 0 Å². The smallest absolute Gasteiger partial charge is 0.133 e. The molecule has 0 aliphatic rings. The molecule has 0 fully saturated rings. The third-order valence-corrected chi connectivity index (χ3v) is 3.65. The molecule has 0 amide bonds. The summed E-state index contributed by atoms with van der Waals surface area (Å²) >= 11 is 0. The fourth-order valence-corrected chi connectivity index (χ4v) is 2.51. The van der Waals surface area contributed by atoms with E-state index in [1.165, 1.54) is 16.7 Å².